The van der Waals surface area contributed by atoms with Gasteiger partial charge in [-0.05, 0) is 47.5 Å². The van der Waals surface area contributed by atoms with E-state index in [2.05, 4.69) is 5.32 Å². The van der Waals surface area contributed by atoms with Crippen molar-refractivity contribution in [1.82, 2.24) is 14.5 Å². The van der Waals surface area contributed by atoms with E-state index in [4.69, 9.17) is 9.15 Å². The van der Waals surface area contributed by atoms with Gasteiger partial charge in [0, 0.05) is 20.6 Å². The van der Waals surface area contributed by atoms with Gasteiger partial charge in [0.25, 0.3) is 0 Å². The van der Waals surface area contributed by atoms with Crippen LogP contribution in [0.1, 0.15) is 23.0 Å². The van der Waals surface area contributed by atoms with Gasteiger partial charge >= 0.3 is 5.69 Å². The summed E-state index contributed by atoms with van der Waals surface area (Å²) in [5.41, 5.74) is 3.36. The van der Waals surface area contributed by atoms with Crippen LogP contribution in [-0.4, -0.2) is 20.8 Å². The molecule has 7 nitrogen and oxygen atoms in total. The van der Waals surface area contributed by atoms with Gasteiger partial charge in [-0.3, -0.25) is 9.13 Å². The van der Waals surface area contributed by atoms with Crippen LogP contribution in [-0.2, 0) is 27.2 Å². The second kappa shape index (κ2) is 9.87. The van der Waals surface area contributed by atoms with E-state index in [1.807, 2.05) is 54.6 Å². The van der Waals surface area contributed by atoms with Gasteiger partial charge in [0.15, 0.2) is 0 Å². The zero-order chi connectivity index (χ0) is 21.1. The van der Waals surface area contributed by atoms with Crippen LogP contribution in [0.3, 0.4) is 0 Å². The Bertz CT molecular complexity index is 1180. The minimum atomic E-state index is -0.792. The molecule has 0 fully saturated rings. The largest absolute Gasteiger partial charge is 0.491 e. The van der Waals surface area contributed by atoms with E-state index < -0.39 is 6.10 Å². The molecule has 1 unspecified atom stereocenters. The summed E-state index contributed by atoms with van der Waals surface area (Å²) < 4.78 is 14.2. The molecule has 2 heterocycles. The van der Waals surface area contributed by atoms with Crippen molar-refractivity contribution >= 4 is 23.4 Å². The van der Waals surface area contributed by atoms with E-state index in [-0.39, 0.29) is 24.7 Å². The number of benzene rings is 2. The van der Waals surface area contributed by atoms with Crippen LogP contribution < -0.4 is 15.7 Å². The molecule has 1 atom stereocenters. The predicted octanol–water partition coefficient (Wildman–Crippen LogP) is 3.29. The number of rotatable bonds is 8. The number of nitrogens with one attached hydrogen (secondary N) is 1. The molecule has 0 saturated carbocycles. The number of imidazole rings is 1. The molecule has 4 aromatic rings. The first-order valence-corrected chi connectivity index (χ1v) is 9.81. The van der Waals surface area contributed by atoms with Gasteiger partial charge in [-0.1, -0.05) is 18.2 Å². The fraction of sp³-hybridized carbons (Fsp3) is 0.261. The van der Waals surface area contributed by atoms with E-state index in [9.17, 15) is 9.90 Å². The van der Waals surface area contributed by atoms with E-state index in [1.54, 1.807) is 29.5 Å². The summed E-state index contributed by atoms with van der Waals surface area (Å²) in [6.07, 6.45) is 0.871. The summed E-state index contributed by atoms with van der Waals surface area (Å²) in [6, 6.07) is 17.1. The fourth-order valence-electron chi connectivity index (χ4n) is 3.45. The monoisotopic (exact) mass is 443 g/mol. The average Bonchev–Trinajstić information content (AvgIpc) is 3.36. The summed E-state index contributed by atoms with van der Waals surface area (Å²) in [5, 5.41) is 13.9. The highest BCUT2D eigenvalue weighted by Crippen LogP contribution is 2.21. The second-order valence-electron chi connectivity index (χ2n) is 7.30. The standard InChI is InChI=1S/C23H25N3O4.ClH/c1-25-20-10-7-17(12-21(20)26(2)23(25)28)22(27)15-30-18-8-5-16(6-9-18)13-24-14-19-4-3-11-29-19;/h3-12,22,24,27H,13-15H2,1-2H3;1H. The van der Waals surface area contributed by atoms with Crippen LogP contribution in [0.2, 0.25) is 0 Å². The van der Waals surface area contributed by atoms with Crippen molar-refractivity contribution in [2.75, 3.05) is 6.61 Å². The maximum absolute atomic E-state index is 12.1. The topological polar surface area (TPSA) is 81.6 Å². The number of furan rings is 1. The van der Waals surface area contributed by atoms with E-state index in [0.717, 1.165) is 28.9 Å². The first-order valence-electron chi connectivity index (χ1n) is 9.81. The molecule has 0 aliphatic rings. The summed E-state index contributed by atoms with van der Waals surface area (Å²) in [5.74, 6) is 1.59. The van der Waals surface area contributed by atoms with Crippen LogP contribution in [0.4, 0.5) is 0 Å². The summed E-state index contributed by atoms with van der Waals surface area (Å²) in [7, 11) is 3.46. The van der Waals surface area contributed by atoms with Crippen molar-refractivity contribution in [1.29, 1.82) is 0 Å². The number of aromatic nitrogens is 2. The fourth-order valence-corrected chi connectivity index (χ4v) is 3.45. The number of aliphatic hydroxyl groups excluding tert-OH is 1. The van der Waals surface area contributed by atoms with Gasteiger partial charge in [0.2, 0.25) is 0 Å². The molecule has 0 aliphatic carbocycles. The first kappa shape index (κ1) is 22.7. The van der Waals surface area contributed by atoms with Crippen molar-refractivity contribution in [3.05, 3.63) is 88.2 Å². The molecular formula is C23H26ClN3O4. The Morgan fingerprint density at radius 1 is 1.03 bits per heavy atom. The van der Waals surface area contributed by atoms with Crippen LogP contribution in [0.25, 0.3) is 11.0 Å². The third-order valence-corrected chi connectivity index (χ3v) is 5.22. The Hall–Kier alpha value is -3.00. The van der Waals surface area contributed by atoms with Gasteiger partial charge in [-0.2, -0.15) is 0 Å². The van der Waals surface area contributed by atoms with Crippen LogP contribution in [0.15, 0.2) is 70.1 Å². The molecule has 0 radical (unpaired) electrons. The van der Waals surface area contributed by atoms with Crippen molar-refractivity contribution in [3.63, 3.8) is 0 Å². The number of aliphatic hydroxyl groups is 1. The molecule has 0 amide bonds. The SMILES string of the molecule is Cl.Cn1c(=O)n(C)c2cc(C(O)COc3ccc(CNCc4ccco4)cc3)ccc21. The van der Waals surface area contributed by atoms with Gasteiger partial charge in [-0.25, -0.2) is 4.79 Å². The number of hydrogen-bond acceptors (Lipinski definition) is 5. The van der Waals surface area contributed by atoms with E-state index in [0.29, 0.717) is 17.9 Å². The number of ether oxygens (including phenoxy) is 1. The molecule has 0 spiro atoms. The molecule has 2 aromatic heterocycles. The Balaban J connectivity index is 0.00000272. The highest BCUT2D eigenvalue weighted by molar-refractivity contribution is 5.85. The Labute approximate surface area is 186 Å². The number of aryl methyl sites for hydroxylation is 2. The Morgan fingerprint density at radius 2 is 1.77 bits per heavy atom. The smallest absolute Gasteiger partial charge is 0.328 e. The third-order valence-electron chi connectivity index (χ3n) is 5.22. The molecular weight excluding hydrogens is 418 g/mol. The quantitative estimate of drug-likeness (QED) is 0.436. The molecule has 0 aliphatic heterocycles. The average molecular weight is 444 g/mol. The molecule has 8 heteroatoms. The lowest BCUT2D eigenvalue weighted by molar-refractivity contribution is 0.108. The van der Waals surface area contributed by atoms with Gasteiger partial charge < -0.3 is 19.6 Å². The molecule has 2 N–H and O–H groups in total. The Kier molecular flexibility index (Phi) is 7.22. The normalized spacial score (nSPS) is 12.0. The highest BCUT2D eigenvalue weighted by atomic mass is 35.5. The molecule has 164 valence electrons. The highest BCUT2D eigenvalue weighted by Gasteiger charge is 2.13. The minimum absolute atomic E-state index is 0. The first-order chi connectivity index (χ1) is 14.5. The number of hydrogen-bond donors (Lipinski definition) is 2. The lowest BCUT2D eigenvalue weighted by Crippen LogP contribution is -2.19. The zero-order valence-electron chi connectivity index (χ0n) is 17.4. The number of halogens is 1. The second-order valence-corrected chi connectivity index (χ2v) is 7.30. The van der Waals surface area contributed by atoms with Crippen molar-refractivity contribution in [3.8, 4) is 5.75 Å². The van der Waals surface area contributed by atoms with Crippen LogP contribution >= 0.6 is 12.4 Å². The molecule has 4 rings (SSSR count). The summed E-state index contributed by atoms with van der Waals surface area (Å²) in [6.45, 7) is 1.52. The van der Waals surface area contributed by atoms with Crippen LogP contribution in [0, 0.1) is 0 Å². The summed E-state index contributed by atoms with van der Waals surface area (Å²) >= 11 is 0. The minimum Gasteiger partial charge on any atom is -0.491 e. The van der Waals surface area contributed by atoms with Gasteiger partial charge in [0.1, 0.15) is 24.2 Å². The Morgan fingerprint density at radius 3 is 2.48 bits per heavy atom. The molecule has 0 bridgehead atoms. The van der Waals surface area contributed by atoms with E-state index >= 15 is 0 Å². The van der Waals surface area contributed by atoms with Gasteiger partial charge in [-0.15, -0.1) is 12.4 Å². The predicted molar refractivity (Wildman–Crippen MR) is 122 cm³/mol. The number of fused-ring (bicyclic) bond motifs is 1. The summed E-state index contributed by atoms with van der Waals surface area (Å²) in [4.78, 5) is 12.1. The maximum atomic E-state index is 12.1. The van der Waals surface area contributed by atoms with Gasteiger partial charge in [0.05, 0.1) is 23.8 Å². The van der Waals surface area contributed by atoms with Crippen molar-refractivity contribution < 1.29 is 14.3 Å². The molecule has 0 saturated heterocycles. The van der Waals surface area contributed by atoms with E-state index in [1.165, 1.54) is 0 Å². The lowest BCUT2D eigenvalue weighted by atomic mass is 10.1. The molecule has 31 heavy (non-hydrogen) atoms. The van der Waals surface area contributed by atoms with Crippen molar-refractivity contribution in [2.45, 2.75) is 19.2 Å². The lowest BCUT2D eigenvalue weighted by Gasteiger charge is -2.13. The zero-order valence-corrected chi connectivity index (χ0v) is 18.3. The number of nitrogens with zero attached hydrogens (tertiary/aromatic N) is 2. The third kappa shape index (κ3) is 5.02. The van der Waals surface area contributed by atoms with Crippen molar-refractivity contribution in [2.24, 2.45) is 14.1 Å². The molecule has 2 aromatic carbocycles. The van der Waals surface area contributed by atoms with Crippen LogP contribution in [0.5, 0.6) is 5.75 Å². The maximum Gasteiger partial charge on any atom is 0.328 e.